The molecule has 0 spiro atoms. The third kappa shape index (κ3) is 3.33. The van der Waals surface area contributed by atoms with Crippen molar-refractivity contribution in [3.8, 4) is 0 Å². The molecule has 0 bridgehead atoms. The van der Waals surface area contributed by atoms with Crippen molar-refractivity contribution in [2.75, 3.05) is 18.4 Å². The van der Waals surface area contributed by atoms with E-state index in [1.807, 2.05) is 60.7 Å². The lowest BCUT2D eigenvalue weighted by Crippen LogP contribution is -2.30. The van der Waals surface area contributed by atoms with Crippen LogP contribution in [-0.4, -0.2) is 40.1 Å². The van der Waals surface area contributed by atoms with Crippen molar-refractivity contribution in [2.24, 2.45) is 5.92 Å². The third-order valence-electron chi connectivity index (χ3n) is 5.05. The molecule has 1 fully saturated rings. The maximum absolute atomic E-state index is 13.1. The standard InChI is InChI=1S/C21H19N3O3/c25-20(23-18-10-4-8-15-9-5-11-22-19(15)18)17-13-24(21(26)27)12-16(17)14-6-2-1-3-7-14/h1-11,16-17H,12-13H2,(H,23,25)(H,26,27)/t16-,17-/m0/s1. The van der Waals surface area contributed by atoms with Gasteiger partial charge in [0.15, 0.2) is 0 Å². The molecule has 136 valence electrons. The van der Waals surface area contributed by atoms with Gasteiger partial charge < -0.3 is 15.3 Å². The Bertz CT molecular complexity index is 985. The average molecular weight is 361 g/mol. The van der Waals surface area contributed by atoms with Gasteiger partial charge in [0, 0.05) is 30.6 Å². The molecule has 0 saturated carbocycles. The molecule has 2 heterocycles. The number of fused-ring (bicyclic) bond motifs is 1. The van der Waals surface area contributed by atoms with Crippen molar-refractivity contribution in [1.82, 2.24) is 9.88 Å². The Labute approximate surface area is 156 Å². The van der Waals surface area contributed by atoms with E-state index in [1.54, 1.807) is 6.20 Å². The van der Waals surface area contributed by atoms with E-state index < -0.39 is 12.0 Å². The van der Waals surface area contributed by atoms with Crippen molar-refractivity contribution in [3.63, 3.8) is 0 Å². The fourth-order valence-corrected chi connectivity index (χ4v) is 3.69. The van der Waals surface area contributed by atoms with E-state index in [4.69, 9.17) is 0 Å². The summed E-state index contributed by atoms with van der Waals surface area (Å²) in [6, 6.07) is 19.0. The lowest BCUT2D eigenvalue weighted by molar-refractivity contribution is -0.119. The van der Waals surface area contributed by atoms with E-state index in [0.717, 1.165) is 16.5 Å². The number of rotatable bonds is 3. The molecule has 6 heteroatoms. The van der Waals surface area contributed by atoms with E-state index in [0.29, 0.717) is 12.2 Å². The van der Waals surface area contributed by atoms with Crippen LogP contribution in [0.4, 0.5) is 10.5 Å². The van der Waals surface area contributed by atoms with E-state index in [2.05, 4.69) is 10.3 Å². The number of benzene rings is 2. The molecule has 3 aromatic rings. The van der Waals surface area contributed by atoms with E-state index >= 15 is 0 Å². The molecule has 1 aliphatic rings. The second-order valence-electron chi connectivity index (χ2n) is 6.68. The number of amides is 2. The molecule has 4 rings (SSSR count). The fraction of sp³-hybridized carbons (Fsp3) is 0.190. The lowest BCUT2D eigenvalue weighted by atomic mass is 9.88. The summed E-state index contributed by atoms with van der Waals surface area (Å²) in [4.78, 5) is 30.2. The number of nitrogens with one attached hydrogen (secondary N) is 1. The minimum Gasteiger partial charge on any atom is -0.465 e. The zero-order valence-electron chi connectivity index (χ0n) is 14.6. The monoisotopic (exact) mass is 361 g/mol. The highest BCUT2D eigenvalue weighted by Gasteiger charge is 2.40. The van der Waals surface area contributed by atoms with Gasteiger partial charge in [0.1, 0.15) is 0 Å². The first-order chi connectivity index (χ1) is 13.1. The SMILES string of the molecule is O=C(Nc1cccc2cccnc12)[C@H]1CN(C(=O)O)C[C@H]1c1ccccc1. The van der Waals surface area contributed by atoms with Crippen LogP contribution in [0.15, 0.2) is 66.9 Å². The van der Waals surface area contributed by atoms with Crippen LogP contribution in [0.3, 0.4) is 0 Å². The molecule has 2 amide bonds. The Morgan fingerprint density at radius 1 is 1.00 bits per heavy atom. The predicted octanol–water partition coefficient (Wildman–Crippen LogP) is 3.57. The molecule has 2 atom stereocenters. The van der Waals surface area contributed by atoms with Crippen molar-refractivity contribution in [3.05, 3.63) is 72.4 Å². The van der Waals surface area contributed by atoms with E-state index in [-0.39, 0.29) is 18.4 Å². The van der Waals surface area contributed by atoms with Crippen LogP contribution in [0.25, 0.3) is 10.9 Å². The van der Waals surface area contributed by atoms with Gasteiger partial charge >= 0.3 is 6.09 Å². The molecule has 2 N–H and O–H groups in total. The zero-order valence-corrected chi connectivity index (χ0v) is 14.6. The maximum atomic E-state index is 13.1. The van der Waals surface area contributed by atoms with Crippen LogP contribution >= 0.6 is 0 Å². The maximum Gasteiger partial charge on any atom is 0.407 e. The molecule has 2 aromatic carbocycles. The molecule has 1 saturated heterocycles. The minimum atomic E-state index is -1.00. The number of carboxylic acid groups (broad SMARTS) is 1. The normalized spacial score (nSPS) is 19.2. The van der Waals surface area contributed by atoms with Crippen molar-refractivity contribution < 1.29 is 14.7 Å². The number of hydrogen-bond donors (Lipinski definition) is 2. The number of anilines is 1. The Balaban J connectivity index is 1.63. The summed E-state index contributed by atoms with van der Waals surface area (Å²) in [6.07, 6.45) is 0.685. The summed E-state index contributed by atoms with van der Waals surface area (Å²) in [6.45, 7) is 0.490. The first-order valence-corrected chi connectivity index (χ1v) is 8.81. The number of pyridine rings is 1. The summed E-state index contributed by atoms with van der Waals surface area (Å²) < 4.78 is 0. The number of hydrogen-bond acceptors (Lipinski definition) is 3. The summed E-state index contributed by atoms with van der Waals surface area (Å²) in [7, 11) is 0. The average Bonchev–Trinajstić information content (AvgIpc) is 3.15. The molecule has 1 aliphatic heterocycles. The van der Waals surface area contributed by atoms with Crippen molar-refractivity contribution in [2.45, 2.75) is 5.92 Å². The highest BCUT2D eigenvalue weighted by Crippen LogP contribution is 2.34. The highest BCUT2D eigenvalue weighted by atomic mass is 16.4. The van der Waals surface area contributed by atoms with Gasteiger partial charge in [-0.05, 0) is 17.7 Å². The van der Waals surface area contributed by atoms with E-state index in [9.17, 15) is 14.7 Å². The summed E-state index contributed by atoms with van der Waals surface area (Å²) in [5, 5.41) is 13.3. The molecule has 0 radical (unpaired) electrons. The smallest absolute Gasteiger partial charge is 0.407 e. The van der Waals surface area contributed by atoms with Gasteiger partial charge in [-0.25, -0.2) is 4.79 Å². The largest absolute Gasteiger partial charge is 0.465 e. The van der Waals surface area contributed by atoms with E-state index in [1.165, 1.54) is 4.90 Å². The second-order valence-corrected chi connectivity index (χ2v) is 6.68. The Morgan fingerprint density at radius 2 is 1.78 bits per heavy atom. The predicted molar refractivity (Wildman–Crippen MR) is 103 cm³/mol. The fourth-order valence-electron chi connectivity index (χ4n) is 3.69. The van der Waals surface area contributed by atoms with Gasteiger partial charge in [-0.1, -0.05) is 48.5 Å². The number of carbonyl (C=O) groups is 2. The Hall–Kier alpha value is -3.41. The Morgan fingerprint density at radius 3 is 2.56 bits per heavy atom. The first kappa shape index (κ1) is 17.0. The third-order valence-corrected chi connectivity index (χ3v) is 5.05. The van der Waals surface area contributed by atoms with Crippen molar-refractivity contribution >= 4 is 28.6 Å². The molecular formula is C21H19N3O3. The van der Waals surface area contributed by atoms with Crippen LogP contribution in [0, 0.1) is 5.92 Å². The highest BCUT2D eigenvalue weighted by molar-refractivity contribution is 6.01. The van der Waals surface area contributed by atoms with Crippen molar-refractivity contribution in [1.29, 1.82) is 0 Å². The van der Waals surface area contributed by atoms with Gasteiger partial charge in [0.05, 0.1) is 17.1 Å². The molecular weight excluding hydrogens is 342 g/mol. The number of aromatic nitrogens is 1. The molecule has 1 aromatic heterocycles. The van der Waals surface area contributed by atoms with Crippen LogP contribution in [-0.2, 0) is 4.79 Å². The first-order valence-electron chi connectivity index (χ1n) is 8.81. The lowest BCUT2D eigenvalue weighted by Gasteiger charge is -2.18. The summed E-state index contributed by atoms with van der Waals surface area (Å²) in [5.74, 6) is -0.821. The van der Waals surface area contributed by atoms with Crippen LogP contribution < -0.4 is 5.32 Å². The minimum absolute atomic E-state index is 0.176. The molecule has 0 aliphatic carbocycles. The zero-order chi connectivity index (χ0) is 18.8. The van der Waals surface area contributed by atoms with Gasteiger partial charge in [0.2, 0.25) is 5.91 Å². The van der Waals surface area contributed by atoms with Crippen LogP contribution in [0.2, 0.25) is 0 Å². The number of carbonyl (C=O) groups excluding carboxylic acids is 1. The molecule has 27 heavy (non-hydrogen) atoms. The molecule has 6 nitrogen and oxygen atoms in total. The number of nitrogens with zero attached hydrogens (tertiary/aromatic N) is 2. The number of likely N-dealkylation sites (tertiary alicyclic amines) is 1. The Kier molecular flexibility index (Phi) is 4.46. The van der Waals surface area contributed by atoms with Crippen LogP contribution in [0.5, 0.6) is 0 Å². The van der Waals surface area contributed by atoms with Gasteiger partial charge in [-0.15, -0.1) is 0 Å². The number of para-hydroxylation sites is 1. The van der Waals surface area contributed by atoms with Crippen LogP contribution in [0.1, 0.15) is 11.5 Å². The molecule has 0 unspecified atom stereocenters. The topological polar surface area (TPSA) is 82.5 Å². The van der Waals surface area contributed by atoms with Gasteiger partial charge in [-0.3, -0.25) is 9.78 Å². The summed E-state index contributed by atoms with van der Waals surface area (Å²) in [5.41, 5.74) is 2.33. The van der Waals surface area contributed by atoms with Gasteiger partial charge in [0.25, 0.3) is 0 Å². The van der Waals surface area contributed by atoms with Gasteiger partial charge in [-0.2, -0.15) is 0 Å². The second kappa shape index (κ2) is 7.07. The summed E-state index contributed by atoms with van der Waals surface area (Å²) >= 11 is 0. The quantitative estimate of drug-likeness (QED) is 0.747.